The molecule has 0 bridgehead atoms. The molecule has 0 amide bonds. The molecule has 0 N–H and O–H groups in total. The van der Waals surface area contributed by atoms with Crippen molar-refractivity contribution in [3.8, 4) is 0 Å². The van der Waals surface area contributed by atoms with Crippen molar-refractivity contribution in [2.45, 2.75) is 59.3 Å². The van der Waals surface area contributed by atoms with Crippen LogP contribution in [0.4, 0.5) is 0 Å². The summed E-state index contributed by atoms with van der Waals surface area (Å²) in [6.07, 6.45) is 17.4. The second kappa shape index (κ2) is 12.2. The molecule has 0 aliphatic heterocycles. The van der Waals surface area contributed by atoms with Gasteiger partial charge in [-0.25, -0.2) is 0 Å². The topological polar surface area (TPSA) is 0 Å². The first-order valence-electron chi connectivity index (χ1n) is 6.68. The fourth-order valence-corrected chi connectivity index (χ4v) is 3.58. The van der Waals surface area contributed by atoms with Crippen molar-refractivity contribution in [1.29, 1.82) is 0 Å². The van der Waals surface area contributed by atoms with Crippen LogP contribution in [0.2, 0.25) is 0 Å². The zero-order valence-corrected chi connectivity index (χ0v) is 11.9. The fourth-order valence-electron chi connectivity index (χ4n) is 1.83. The quantitative estimate of drug-likeness (QED) is 0.266. The Morgan fingerprint density at radius 1 is 0.867 bits per heavy atom. The monoisotopic (exact) mass is 228 g/mol. The highest BCUT2D eigenvalue weighted by Gasteiger charge is 2.00. The largest absolute Gasteiger partial charge is 0.107 e. The van der Waals surface area contributed by atoms with Gasteiger partial charge in [0, 0.05) is 0 Å². The van der Waals surface area contributed by atoms with Crippen LogP contribution >= 0.6 is 7.92 Å². The minimum Gasteiger partial charge on any atom is -0.107 e. The number of hydrogen-bond acceptors (Lipinski definition) is 0. The average molecular weight is 228 g/mol. The zero-order chi connectivity index (χ0) is 11.4. The second-order valence-corrected chi connectivity index (χ2v) is 7.21. The molecule has 0 aromatic carbocycles. The van der Waals surface area contributed by atoms with Crippen LogP contribution in [0.15, 0.2) is 12.2 Å². The van der Waals surface area contributed by atoms with Crippen LogP contribution < -0.4 is 0 Å². The average Bonchev–Trinajstić information content (AvgIpc) is 2.27. The normalized spacial score (nSPS) is 11.7. The van der Waals surface area contributed by atoms with E-state index in [0.717, 1.165) is 0 Å². The van der Waals surface area contributed by atoms with Crippen LogP contribution in [0, 0.1) is 0 Å². The zero-order valence-electron chi connectivity index (χ0n) is 11.0. The van der Waals surface area contributed by atoms with Crippen LogP contribution in [0.1, 0.15) is 59.3 Å². The van der Waals surface area contributed by atoms with E-state index in [-0.39, 0.29) is 0 Å². The van der Waals surface area contributed by atoms with E-state index in [1.807, 2.05) is 0 Å². The van der Waals surface area contributed by atoms with Gasteiger partial charge in [-0.05, 0) is 44.7 Å². The van der Waals surface area contributed by atoms with E-state index >= 15 is 0 Å². The predicted octanol–water partition coefficient (Wildman–Crippen LogP) is 5.42. The van der Waals surface area contributed by atoms with Gasteiger partial charge in [-0.2, -0.15) is 0 Å². The van der Waals surface area contributed by atoms with Crippen LogP contribution in [0.25, 0.3) is 0 Å². The first-order chi connectivity index (χ1) is 7.35. The summed E-state index contributed by atoms with van der Waals surface area (Å²) in [4.78, 5) is 0. The molecule has 0 saturated heterocycles. The highest BCUT2D eigenvalue weighted by atomic mass is 31.1. The third kappa shape index (κ3) is 10.5. The first-order valence-corrected chi connectivity index (χ1v) is 8.58. The van der Waals surface area contributed by atoms with E-state index in [1.165, 1.54) is 57.0 Å². The fraction of sp³-hybridized carbons (Fsp3) is 0.857. The Labute approximate surface area is 98.3 Å². The van der Waals surface area contributed by atoms with Gasteiger partial charge < -0.3 is 0 Å². The van der Waals surface area contributed by atoms with E-state index in [2.05, 4.69) is 32.9 Å². The summed E-state index contributed by atoms with van der Waals surface area (Å²) in [6, 6.07) is 0. The lowest BCUT2D eigenvalue weighted by atomic mass is 10.1. The molecule has 0 spiro atoms. The molecular weight excluding hydrogens is 199 g/mol. The molecule has 0 rings (SSSR count). The van der Waals surface area contributed by atoms with Crippen molar-refractivity contribution in [2.75, 3.05) is 18.5 Å². The van der Waals surface area contributed by atoms with Crippen molar-refractivity contribution in [3.63, 3.8) is 0 Å². The summed E-state index contributed by atoms with van der Waals surface area (Å²) in [6.45, 7) is 6.82. The Morgan fingerprint density at radius 2 is 1.47 bits per heavy atom. The summed E-state index contributed by atoms with van der Waals surface area (Å²) in [7, 11) is 0.402. The standard InChI is InChI=1S/C14H29P/c1-4-7-8-9-10-11-12-13-14-15(5-2)6-3/h4,7H,5-6,8-14H2,1-3H3/b7-4+. The van der Waals surface area contributed by atoms with Gasteiger partial charge in [0.15, 0.2) is 0 Å². The summed E-state index contributed by atoms with van der Waals surface area (Å²) >= 11 is 0. The molecule has 0 fully saturated rings. The maximum atomic E-state index is 2.35. The Bertz CT molecular complexity index is 136. The molecule has 0 nitrogen and oxygen atoms in total. The maximum Gasteiger partial charge on any atom is -0.0326 e. The molecule has 0 unspecified atom stereocenters. The van der Waals surface area contributed by atoms with Crippen LogP contribution in [0.3, 0.4) is 0 Å². The van der Waals surface area contributed by atoms with E-state index < -0.39 is 0 Å². The smallest absolute Gasteiger partial charge is 0.0326 e. The summed E-state index contributed by atoms with van der Waals surface area (Å²) in [5.41, 5.74) is 0. The van der Waals surface area contributed by atoms with E-state index in [0.29, 0.717) is 7.92 Å². The molecule has 0 aromatic rings. The maximum absolute atomic E-state index is 2.35. The molecule has 0 heterocycles. The lowest BCUT2D eigenvalue weighted by molar-refractivity contribution is 0.639. The van der Waals surface area contributed by atoms with Crippen LogP contribution in [0.5, 0.6) is 0 Å². The SMILES string of the molecule is C/C=C/CCCCCCCP(CC)CC. The van der Waals surface area contributed by atoms with E-state index in [4.69, 9.17) is 0 Å². The predicted molar refractivity (Wildman–Crippen MR) is 75.4 cm³/mol. The van der Waals surface area contributed by atoms with Crippen molar-refractivity contribution in [2.24, 2.45) is 0 Å². The van der Waals surface area contributed by atoms with Gasteiger partial charge in [-0.15, -0.1) is 7.92 Å². The van der Waals surface area contributed by atoms with Crippen LogP contribution in [-0.2, 0) is 0 Å². The Balaban J connectivity index is 3.10. The van der Waals surface area contributed by atoms with Gasteiger partial charge in [0.1, 0.15) is 0 Å². The van der Waals surface area contributed by atoms with Crippen LogP contribution in [-0.4, -0.2) is 18.5 Å². The number of unbranched alkanes of at least 4 members (excludes halogenated alkanes) is 5. The lowest BCUT2D eigenvalue weighted by Crippen LogP contribution is -1.90. The molecule has 15 heavy (non-hydrogen) atoms. The van der Waals surface area contributed by atoms with Gasteiger partial charge in [0.05, 0.1) is 0 Å². The minimum atomic E-state index is 0.402. The van der Waals surface area contributed by atoms with Gasteiger partial charge >= 0.3 is 0 Å². The van der Waals surface area contributed by atoms with Crippen molar-refractivity contribution in [1.82, 2.24) is 0 Å². The van der Waals surface area contributed by atoms with Crippen molar-refractivity contribution >= 4 is 7.92 Å². The summed E-state index contributed by atoms with van der Waals surface area (Å²) in [5, 5.41) is 0. The molecule has 0 radical (unpaired) electrons. The Morgan fingerprint density at radius 3 is 2.07 bits per heavy atom. The molecule has 0 atom stereocenters. The molecule has 1 heteroatoms. The number of rotatable bonds is 10. The molecule has 90 valence electrons. The van der Waals surface area contributed by atoms with Gasteiger partial charge in [-0.3, -0.25) is 0 Å². The number of allylic oxidation sites excluding steroid dienone is 2. The highest BCUT2D eigenvalue weighted by molar-refractivity contribution is 7.57. The minimum absolute atomic E-state index is 0.402. The lowest BCUT2D eigenvalue weighted by Gasteiger charge is -2.12. The van der Waals surface area contributed by atoms with Crippen molar-refractivity contribution < 1.29 is 0 Å². The van der Waals surface area contributed by atoms with E-state index in [9.17, 15) is 0 Å². The molecule has 0 aromatic heterocycles. The third-order valence-corrected chi connectivity index (χ3v) is 5.71. The first kappa shape index (κ1) is 15.2. The van der Waals surface area contributed by atoms with Gasteiger partial charge in [-0.1, -0.05) is 45.3 Å². The summed E-state index contributed by atoms with van der Waals surface area (Å²) < 4.78 is 0. The number of hydrogen-bond donors (Lipinski definition) is 0. The molecule has 0 aliphatic rings. The summed E-state index contributed by atoms with van der Waals surface area (Å²) in [5.74, 6) is 0. The molecule has 0 saturated carbocycles. The molecule has 0 aliphatic carbocycles. The Kier molecular flexibility index (Phi) is 12.4. The highest BCUT2D eigenvalue weighted by Crippen LogP contribution is 2.35. The second-order valence-electron chi connectivity index (χ2n) is 4.15. The molecular formula is C14H29P. The Hall–Kier alpha value is 0.170. The van der Waals surface area contributed by atoms with Gasteiger partial charge in [0.2, 0.25) is 0 Å². The van der Waals surface area contributed by atoms with E-state index in [1.54, 1.807) is 0 Å². The van der Waals surface area contributed by atoms with Gasteiger partial charge in [0.25, 0.3) is 0 Å². The third-order valence-electron chi connectivity index (χ3n) is 2.98. The van der Waals surface area contributed by atoms with Crippen molar-refractivity contribution in [3.05, 3.63) is 12.2 Å².